The van der Waals surface area contributed by atoms with Gasteiger partial charge in [-0.15, -0.1) is 10.2 Å². The first kappa shape index (κ1) is 16.5. The number of rotatable bonds is 5. The molecule has 1 saturated carbocycles. The van der Waals surface area contributed by atoms with Crippen molar-refractivity contribution >= 4 is 10.0 Å². The van der Waals surface area contributed by atoms with E-state index in [2.05, 4.69) is 19.5 Å². The number of benzene rings is 1. The van der Waals surface area contributed by atoms with E-state index in [1.54, 1.807) is 31.4 Å². The Bertz CT molecular complexity index is 857. The number of methoxy groups -OCH3 is 1. The van der Waals surface area contributed by atoms with E-state index in [-0.39, 0.29) is 10.9 Å². The van der Waals surface area contributed by atoms with Crippen LogP contribution in [0.25, 0.3) is 0 Å². The molecule has 1 unspecified atom stereocenters. The Hall–Kier alpha value is -1.93. The van der Waals surface area contributed by atoms with Crippen LogP contribution in [0.3, 0.4) is 0 Å². The van der Waals surface area contributed by atoms with Crippen molar-refractivity contribution in [3.8, 4) is 5.75 Å². The normalized spacial score (nSPS) is 20.8. The first-order valence-corrected chi connectivity index (χ1v) is 10.1. The minimum absolute atomic E-state index is 0.0964. The summed E-state index contributed by atoms with van der Waals surface area (Å²) in [5, 5.41) is 8.64. The monoisotopic (exact) mass is 362 g/mol. The molecule has 134 valence electrons. The Morgan fingerprint density at radius 1 is 1.12 bits per heavy atom. The highest BCUT2D eigenvalue weighted by Gasteiger charge is 2.32. The zero-order valence-corrected chi connectivity index (χ0v) is 15.0. The maximum atomic E-state index is 12.6. The van der Waals surface area contributed by atoms with Gasteiger partial charge in [-0.2, -0.15) is 0 Å². The number of hydrogen-bond acceptors (Lipinski definition) is 5. The predicted octanol–water partition coefficient (Wildman–Crippen LogP) is 1.85. The van der Waals surface area contributed by atoms with Crippen LogP contribution in [0.15, 0.2) is 29.2 Å². The summed E-state index contributed by atoms with van der Waals surface area (Å²) in [5.41, 5.74) is 0. The summed E-state index contributed by atoms with van der Waals surface area (Å²) < 4.78 is 35.4. The molecule has 0 amide bonds. The molecule has 2 aliphatic rings. The average molecular weight is 362 g/mol. The van der Waals surface area contributed by atoms with E-state index in [1.165, 1.54) is 12.8 Å². The molecule has 25 heavy (non-hydrogen) atoms. The Morgan fingerprint density at radius 2 is 1.88 bits per heavy atom. The maximum absolute atomic E-state index is 12.6. The van der Waals surface area contributed by atoms with Gasteiger partial charge in [0.25, 0.3) is 0 Å². The predicted molar refractivity (Wildman–Crippen MR) is 92.0 cm³/mol. The van der Waals surface area contributed by atoms with Gasteiger partial charge in [0.15, 0.2) is 0 Å². The van der Waals surface area contributed by atoms with E-state index in [0.29, 0.717) is 11.7 Å². The van der Waals surface area contributed by atoms with Gasteiger partial charge < -0.3 is 9.30 Å². The highest BCUT2D eigenvalue weighted by molar-refractivity contribution is 7.89. The topological polar surface area (TPSA) is 86.1 Å². The van der Waals surface area contributed by atoms with E-state index >= 15 is 0 Å². The zero-order valence-electron chi connectivity index (χ0n) is 14.2. The van der Waals surface area contributed by atoms with Crippen LogP contribution in [-0.2, 0) is 23.0 Å². The van der Waals surface area contributed by atoms with Crippen molar-refractivity contribution in [3.63, 3.8) is 0 Å². The lowest BCUT2D eigenvalue weighted by Crippen LogP contribution is -2.35. The molecule has 8 heteroatoms. The van der Waals surface area contributed by atoms with Crippen molar-refractivity contribution in [3.05, 3.63) is 35.9 Å². The highest BCUT2D eigenvalue weighted by Crippen LogP contribution is 2.39. The average Bonchev–Trinajstić information content (AvgIpc) is 3.41. The van der Waals surface area contributed by atoms with E-state index in [4.69, 9.17) is 4.74 Å². The number of aromatic nitrogens is 3. The van der Waals surface area contributed by atoms with Gasteiger partial charge in [0.1, 0.15) is 17.4 Å². The standard InChI is InChI=1S/C17H22N4O3S/c1-24-14-5-7-15(8-6-14)25(22,23)20-13-4-9-16-18-19-17(12-2-3-12)21(16)11-10-13/h5-8,12-13,20H,2-4,9-11H2,1H3. The first-order valence-electron chi connectivity index (χ1n) is 8.65. The lowest BCUT2D eigenvalue weighted by atomic mass is 10.1. The molecular weight excluding hydrogens is 340 g/mol. The maximum Gasteiger partial charge on any atom is 0.240 e. The Balaban J connectivity index is 1.46. The number of ether oxygens (including phenoxy) is 1. The van der Waals surface area contributed by atoms with Gasteiger partial charge in [0.2, 0.25) is 10.0 Å². The van der Waals surface area contributed by atoms with Crippen LogP contribution in [0.1, 0.15) is 43.3 Å². The number of nitrogens with one attached hydrogen (secondary N) is 1. The van der Waals surface area contributed by atoms with Crippen LogP contribution >= 0.6 is 0 Å². The lowest BCUT2D eigenvalue weighted by Gasteiger charge is -2.16. The summed E-state index contributed by atoms with van der Waals surface area (Å²) in [6, 6.07) is 6.35. The zero-order chi connectivity index (χ0) is 17.4. The van der Waals surface area contributed by atoms with Gasteiger partial charge in [0, 0.05) is 24.9 Å². The summed E-state index contributed by atoms with van der Waals surface area (Å²) in [7, 11) is -1.98. The second-order valence-electron chi connectivity index (χ2n) is 6.72. The number of nitrogens with zero attached hydrogens (tertiary/aromatic N) is 3. The van der Waals surface area contributed by atoms with Crippen molar-refractivity contribution in [2.45, 2.75) is 55.5 Å². The van der Waals surface area contributed by atoms with Gasteiger partial charge in [0.05, 0.1) is 12.0 Å². The molecule has 0 spiro atoms. The Morgan fingerprint density at radius 3 is 2.56 bits per heavy atom. The van der Waals surface area contributed by atoms with Crippen molar-refractivity contribution in [1.82, 2.24) is 19.5 Å². The second kappa shape index (κ2) is 6.42. The molecule has 0 saturated heterocycles. The van der Waals surface area contributed by atoms with Crippen molar-refractivity contribution in [2.24, 2.45) is 0 Å². The van der Waals surface area contributed by atoms with E-state index in [9.17, 15) is 8.42 Å². The van der Waals surface area contributed by atoms with Crippen molar-refractivity contribution in [1.29, 1.82) is 0 Å². The van der Waals surface area contributed by atoms with Gasteiger partial charge in [-0.3, -0.25) is 0 Å². The molecule has 1 N–H and O–H groups in total. The third-order valence-electron chi connectivity index (χ3n) is 4.91. The molecule has 1 aromatic heterocycles. The number of sulfonamides is 1. The van der Waals surface area contributed by atoms with Crippen LogP contribution in [0, 0.1) is 0 Å². The summed E-state index contributed by atoms with van der Waals surface area (Å²) in [6.07, 6.45) is 4.60. The molecule has 1 aliphatic carbocycles. The van der Waals surface area contributed by atoms with Crippen molar-refractivity contribution in [2.75, 3.05) is 7.11 Å². The molecule has 7 nitrogen and oxygen atoms in total. The largest absolute Gasteiger partial charge is 0.497 e. The minimum atomic E-state index is -3.54. The summed E-state index contributed by atoms with van der Waals surface area (Å²) in [6.45, 7) is 0.768. The highest BCUT2D eigenvalue weighted by atomic mass is 32.2. The van der Waals surface area contributed by atoms with E-state index < -0.39 is 10.0 Å². The summed E-state index contributed by atoms with van der Waals surface area (Å²) in [5.74, 6) is 3.24. The molecule has 1 fully saturated rings. The molecular formula is C17H22N4O3S. The SMILES string of the molecule is COc1ccc(S(=O)(=O)NC2CCc3nnc(C4CC4)n3CC2)cc1. The van der Waals surface area contributed by atoms with Gasteiger partial charge in [-0.25, -0.2) is 13.1 Å². The van der Waals surface area contributed by atoms with E-state index in [0.717, 1.165) is 37.5 Å². The lowest BCUT2D eigenvalue weighted by molar-refractivity contribution is 0.414. The Labute approximate surface area is 147 Å². The van der Waals surface area contributed by atoms with Crippen LogP contribution in [-0.4, -0.2) is 36.3 Å². The smallest absolute Gasteiger partial charge is 0.240 e. The number of aryl methyl sites for hydroxylation is 1. The quantitative estimate of drug-likeness (QED) is 0.877. The number of fused-ring (bicyclic) bond motifs is 1. The molecule has 1 aromatic carbocycles. The molecule has 4 rings (SSSR count). The van der Waals surface area contributed by atoms with Crippen LogP contribution < -0.4 is 9.46 Å². The number of hydrogen-bond donors (Lipinski definition) is 1. The summed E-state index contributed by atoms with van der Waals surface area (Å²) >= 11 is 0. The van der Waals surface area contributed by atoms with Gasteiger partial charge >= 0.3 is 0 Å². The van der Waals surface area contributed by atoms with Crippen molar-refractivity contribution < 1.29 is 13.2 Å². The van der Waals surface area contributed by atoms with Gasteiger partial charge in [-0.05, 0) is 49.9 Å². The fraction of sp³-hybridized carbons (Fsp3) is 0.529. The molecule has 1 atom stereocenters. The van der Waals surface area contributed by atoms with Gasteiger partial charge in [-0.1, -0.05) is 0 Å². The second-order valence-corrected chi connectivity index (χ2v) is 8.44. The summed E-state index contributed by atoms with van der Waals surface area (Å²) in [4.78, 5) is 0.260. The molecule has 0 radical (unpaired) electrons. The fourth-order valence-corrected chi connectivity index (χ4v) is 4.62. The third kappa shape index (κ3) is 3.41. The molecule has 0 bridgehead atoms. The third-order valence-corrected chi connectivity index (χ3v) is 6.44. The minimum Gasteiger partial charge on any atom is -0.497 e. The van der Waals surface area contributed by atoms with Crippen LogP contribution in [0.5, 0.6) is 5.75 Å². The molecule has 2 aromatic rings. The fourth-order valence-electron chi connectivity index (χ4n) is 3.31. The van der Waals surface area contributed by atoms with Crippen LogP contribution in [0.4, 0.5) is 0 Å². The van der Waals surface area contributed by atoms with Crippen LogP contribution in [0.2, 0.25) is 0 Å². The first-order chi connectivity index (χ1) is 12.1. The molecule has 2 heterocycles. The van der Waals surface area contributed by atoms with E-state index in [1.807, 2.05) is 0 Å². The Kier molecular flexibility index (Phi) is 4.24. The molecule has 1 aliphatic heterocycles.